The number of para-hydroxylation sites is 1. The van der Waals surface area contributed by atoms with Crippen molar-refractivity contribution in [3.05, 3.63) is 77.0 Å². The first-order valence-corrected chi connectivity index (χ1v) is 10.1. The Hall–Kier alpha value is -2.72. The average Bonchev–Trinajstić information content (AvgIpc) is 2.73. The topological polar surface area (TPSA) is 45.2 Å². The lowest BCUT2D eigenvalue weighted by molar-refractivity contribution is 0.0952. The lowest BCUT2D eigenvalue weighted by atomic mass is 10.0. The van der Waals surface area contributed by atoms with Crippen LogP contribution in [0.1, 0.15) is 46.4 Å². The number of hydrogen-bond acceptors (Lipinski definition) is 3. The van der Waals surface area contributed by atoms with Crippen molar-refractivity contribution in [2.45, 2.75) is 39.3 Å². The second-order valence-electron chi connectivity index (χ2n) is 7.62. The molecule has 0 saturated carbocycles. The zero-order valence-electron chi connectivity index (χ0n) is 16.4. The van der Waals surface area contributed by atoms with Gasteiger partial charge in [0.05, 0.1) is 11.1 Å². The van der Waals surface area contributed by atoms with Crippen LogP contribution < -0.4 is 5.32 Å². The van der Waals surface area contributed by atoms with Crippen LogP contribution in [0.2, 0.25) is 0 Å². The van der Waals surface area contributed by atoms with E-state index < -0.39 is 0 Å². The molecule has 3 aromatic rings. The predicted molar refractivity (Wildman–Crippen MR) is 113 cm³/mol. The fourth-order valence-corrected chi connectivity index (χ4v) is 4.01. The Morgan fingerprint density at radius 2 is 1.71 bits per heavy atom. The van der Waals surface area contributed by atoms with Crippen LogP contribution in [0.4, 0.5) is 0 Å². The molecule has 0 radical (unpaired) electrons. The monoisotopic (exact) mass is 373 g/mol. The van der Waals surface area contributed by atoms with Crippen molar-refractivity contribution < 1.29 is 4.79 Å². The van der Waals surface area contributed by atoms with Gasteiger partial charge in [0, 0.05) is 24.2 Å². The van der Waals surface area contributed by atoms with Crippen molar-refractivity contribution in [1.29, 1.82) is 0 Å². The Bertz CT molecular complexity index is 977. The van der Waals surface area contributed by atoms with E-state index in [4.69, 9.17) is 0 Å². The van der Waals surface area contributed by atoms with Crippen molar-refractivity contribution in [2.24, 2.45) is 0 Å². The first kappa shape index (κ1) is 18.6. The fraction of sp³-hybridized carbons (Fsp3) is 0.333. The fourth-order valence-electron chi connectivity index (χ4n) is 4.01. The van der Waals surface area contributed by atoms with Gasteiger partial charge in [0.2, 0.25) is 0 Å². The van der Waals surface area contributed by atoms with E-state index in [2.05, 4.69) is 33.4 Å². The number of nitrogens with one attached hydrogen (secondary N) is 1. The minimum absolute atomic E-state index is 0.0468. The molecule has 0 unspecified atom stereocenters. The number of carbonyl (C=O) groups is 1. The summed E-state index contributed by atoms with van der Waals surface area (Å²) in [7, 11) is 0. The summed E-state index contributed by atoms with van der Waals surface area (Å²) in [5.41, 5.74) is 4.90. The molecule has 1 N–H and O–H groups in total. The van der Waals surface area contributed by atoms with Crippen molar-refractivity contribution in [3.8, 4) is 0 Å². The molecule has 4 nitrogen and oxygen atoms in total. The SMILES string of the molecule is Cc1cc(C(=O)NCc2ccccc2CN2CCCCC2)c2ccccc2n1. The number of fused-ring (bicyclic) bond motifs is 1. The average molecular weight is 374 g/mol. The quantitative estimate of drug-likeness (QED) is 0.718. The van der Waals surface area contributed by atoms with Gasteiger partial charge in [-0.15, -0.1) is 0 Å². The number of amides is 1. The molecule has 1 aromatic heterocycles. The summed E-state index contributed by atoms with van der Waals surface area (Å²) >= 11 is 0. The number of aromatic nitrogens is 1. The zero-order valence-corrected chi connectivity index (χ0v) is 16.4. The van der Waals surface area contributed by atoms with E-state index in [1.807, 2.05) is 43.3 Å². The molecule has 0 spiro atoms. The van der Waals surface area contributed by atoms with Crippen LogP contribution in [0.25, 0.3) is 10.9 Å². The summed E-state index contributed by atoms with van der Waals surface area (Å²) < 4.78 is 0. The molecule has 1 aliphatic heterocycles. The number of hydrogen-bond donors (Lipinski definition) is 1. The molecule has 28 heavy (non-hydrogen) atoms. The molecular formula is C24H27N3O. The van der Waals surface area contributed by atoms with Crippen LogP contribution in [0, 0.1) is 6.92 Å². The van der Waals surface area contributed by atoms with Crippen LogP contribution >= 0.6 is 0 Å². The number of aryl methyl sites for hydroxylation is 1. The summed E-state index contributed by atoms with van der Waals surface area (Å²) in [5, 5.41) is 4.02. The summed E-state index contributed by atoms with van der Waals surface area (Å²) in [5.74, 6) is -0.0468. The van der Waals surface area contributed by atoms with Gasteiger partial charge in [0.25, 0.3) is 5.91 Å². The highest BCUT2D eigenvalue weighted by Crippen LogP contribution is 2.19. The van der Waals surface area contributed by atoms with Gasteiger partial charge in [0.1, 0.15) is 0 Å². The summed E-state index contributed by atoms with van der Waals surface area (Å²) in [6.07, 6.45) is 3.91. The smallest absolute Gasteiger partial charge is 0.252 e. The van der Waals surface area contributed by atoms with Gasteiger partial charge in [0.15, 0.2) is 0 Å². The van der Waals surface area contributed by atoms with E-state index in [1.54, 1.807) is 0 Å². The number of rotatable bonds is 5. The van der Waals surface area contributed by atoms with Gasteiger partial charge in [-0.25, -0.2) is 0 Å². The number of carbonyl (C=O) groups excluding carboxylic acids is 1. The predicted octanol–water partition coefficient (Wildman–Crippen LogP) is 4.46. The molecule has 1 saturated heterocycles. The molecule has 4 rings (SSSR count). The molecule has 0 aliphatic carbocycles. The van der Waals surface area contributed by atoms with E-state index in [1.165, 1.54) is 43.5 Å². The van der Waals surface area contributed by atoms with E-state index in [9.17, 15) is 4.79 Å². The molecule has 1 aliphatic rings. The Morgan fingerprint density at radius 1 is 1.00 bits per heavy atom. The van der Waals surface area contributed by atoms with Gasteiger partial charge < -0.3 is 5.32 Å². The third-order valence-corrected chi connectivity index (χ3v) is 5.49. The number of benzene rings is 2. The molecule has 4 heteroatoms. The second-order valence-corrected chi connectivity index (χ2v) is 7.62. The lowest BCUT2D eigenvalue weighted by Gasteiger charge is -2.27. The number of pyridine rings is 1. The Labute approximate surface area is 166 Å². The first-order valence-electron chi connectivity index (χ1n) is 10.1. The van der Waals surface area contributed by atoms with E-state index in [0.29, 0.717) is 12.1 Å². The maximum Gasteiger partial charge on any atom is 0.252 e. The minimum atomic E-state index is -0.0468. The molecular weight excluding hydrogens is 346 g/mol. The highest BCUT2D eigenvalue weighted by molar-refractivity contribution is 6.06. The second kappa shape index (κ2) is 8.53. The molecule has 1 amide bonds. The van der Waals surface area contributed by atoms with Gasteiger partial charge in [-0.3, -0.25) is 14.7 Å². The summed E-state index contributed by atoms with van der Waals surface area (Å²) in [6.45, 7) is 5.77. The van der Waals surface area contributed by atoms with E-state index in [0.717, 1.165) is 23.1 Å². The van der Waals surface area contributed by atoms with Crippen molar-refractivity contribution in [2.75, 3.05) is 13.1 Å². The molecule has 0 bridgehead atoms. The normalized spacial score (nSPS) is 14.9. The molecule has 1 fully saturated rings. The standard InChI is InChI=1S/C24H27N3O/c1-18-15-22(21-11-5-6-12-23(21)26-18)24(28)25-16-19-9-3-4-10-20(19)17-27-13-7-2-8-14-27/h3-6,9-12,15H,2,7-8,13-14,16-17H2,1H3,(H,25,28). The van der Waals surface area contributed by atoms with Crippen molar-refractivity contribution in [3.63, 3.8) is 0 Å². The molecule has 2 aromatic carbocycles. The van der Waals surface area contributed by atoms with Crippen LogP contribution in [-0.2, 0) is 13.1 Å². The number of nitrogens with zero attached hydrogens (tertiary/aromatic N) is 2. The van der Waals surface area contributed by atoms with Crippen LogP contribution in [0.3, 0.4) is 0 Å². The maximum atomic E-state index is 12.9. The number of piperidine rings is 1. The summed E-state index contributed by atoms with van der Waals surface area (Å²) in [6, 6.07) is 18.1. The van der Waals surface area contributed by atoms with Gasteiger partial charge in [-0.05, 0) is 56.1 Å². The van der Waals surface area contributed by atoms with Crippen molar-refractivity contribution >= 4 is 16.8 Å². The zero-order chi connectivity index (χ0) is 19.3. The van der Waals surface area contributed by atoms with E-state index in [-0.39, 0.29) is 5.91 Å². The first-order chi connectivity index (χ1) is 13.7. The Kier molecular flexibility index (Phi) is 5.68. The van der Waals surface area contributed by atoms with Gasteiger partial charge in [-0.2, -0.15) is 0 Å². The maximum absolute atomic E-state index is 12.9. The third-order valence-electron chi connectivity index (χ3n) is 5.49. The molecule has 144 valence electrons. The van der Waals surface area contributed by atoms with Crippen molar-refractivity contribution in [1.82, 2.24) is 15.2 Å². The largest absolute Gasteiger partial charge is 0.348 e. The highest BCUT2D eigenvalue weighted by Gasteiger charge is 2.14. The highest BCUT2D eigenvalue weighted by atomic mass is 16.1. The van der Waals surface area contributed by atoms with Crippen LogP contribution in [0.5, 0.6) is 0 Å². The Morgan fingerprint density at radius 3 is 2.54 bits per heavy atom. The van der Waals surface area contributed by atoms with Gasteiger partial charge >= 0.3 is 0 Å². The Balaban J connectivity index is 1.50. The lowest BCUT2D eigenvalue weighted by Crippen LogP contribution is -2.30. The van der Waals surface area contributed by atoms with E-state index >= 15 is 0 Å². The minimum Gasteiger partial charge on any atom is -0.348 e. The van der Waals surface area contributed by atoms with Crippen LogP contribution in [0.15, 0.2) is 54.6 Å². The number of likely N-dealkylation sites (tertiary alicyclic amines) is 1. The summed E-state index contributed by atoms with van der Waals surface area (Å²) in [4.78, 5) is 20.0. The molecule has 0 atom stereocenters. The third kappa shape index (κ3) is 4.23. The molecule has 2 heterocycles. The van der Waals surface area contributed by atoms with Gasteiger partial charge in [-0.1, -0.05) is 48.9 Å². The van der Waals surface area contributed by atoms with Crippen LogP contribution in [-0.4, -0.2) is 28.9 Å².